The molecule has 0 amide bonds. The molecule has 0 atom stereocenters. The zero-order valence-corrected chi connectivity index (χ0v) is 13.4. The average molecular weight is 291 g/mol. The van der Waals surface area contributed by atoms with E-state index in [9.17, 15) is 8.42 Å². The van der Waals surface area contributed by atoms with Crippen LogP contribution < -0.4 is 5.32 Å². The van der Waals surface area contributed by atoms with Crippen LogP contribution in [0.4, 0.5) is 0 Å². The van der Waals surface area contributed by atoms with Crippen LogP contribution in [0, 0.1) is 0 Å². The highest BCUT2D eigenvalue weighted by Gasteiger charge is 2.33. The van der Waals surface area contributed by atoms with Crippen molar-refractivity contribution in [3.05, 3.63) is 0 Å². The molecule has 5 nitrogen and oxygen atoms in total. The Kier molecular flexibility index (Phi) is 7.28. The molecule has 0 aliphatic heterocycles. The Bertz CT molecular complexity index is 340. The molecule has 0 unspecified atom stereocenters. The van der Waals surface area contributed by atoms with Gasteiger partial charge in [0.05, 0.1) is 0 Å². The van der Waals surface area contributed by atoms with Gasteiger partial charge in [0.2, 0.25) is 0 Å². The van der Waals surface area contributed by atoms with E-state index in [1.165, 1.54) is 4.31 Å². The quantitative estimate of drug-likeness (QED) is 0.654. The van der Waals surface area contributed by atoms with Gasteiger partial charge in [-0.1, -0.05) is 26.7 Å². The fourth-order valence-electron chi connectivity index (χ4n) is 2.70. The summed E-state index contributed by atoms with van der Waals surface area (Å²) in [5.74, 6) is 0. The molecule has 6 heteroatoms. The molecule has 0 bridgehead atoms. The van der Waals surface area contributed by atoms with E-state index in [2.05, 4.69) is 12.2 Å². The van der Waals surface area contributed by atoms with Crippen LogP contribution in [0.3, 0.4) is 0 Å². The van der Waals surface area contributed by atoms with Crippen LogP contribution >= 0.6 is 0 Å². The molecular weight excluding hydrogens is 262 g/mol. The minimum Gasteiger partial charge on any atom is -0.317 e. The lowest BCUT2D eigenvalue weighted by Crippen LogP contribution is -2.46. The van der Waals surface area contributed by atoms with Crippen molar-refractivity contribution < 1.29 is 8.42 Å². The standard InChI is InChI=1S/C13H29N3O2S/c1-4-14-11-8-12-15(3)19(17,18)16(5-2)13-9-6-7-10-13/h13-14H,4-12H2,1-3H3. The molecule has 0 heterocycles. The second-order valence-corrected chi connectivity index (χ2v) is 7.17. The first-order chi connectivity index (χ1) is 9.04. The van der Waals surface area contributed by atoms with E-state index < -0.39 is 10.2 Å². The summed E-state index contributed by atoms with van der Waals surface area (Å²) in [4.78, 5) is 0. The molecule has 114 valence electrons. The molecule has 1 rings (SSSR count). The van der Waals surface area contributed by atoms with Crippen LogP contribution in [0.1, 0.15) is 46.0 Å². The normalized spacial score (nSPS) is 17.7. The lowest BCUT2D eigenvalue weighted by Gasteiger charge is -2.31. The Morgan fingerprint density at radius 3 is 2.37 bits per heavy atom. The molecule has 0 saturated heterocycles. The Morgan fingerprint density at radius 1 is 1.21 bits per heavy atom. The topological polar surface area (TPSA) is 52.7 Å². The molecule has 1 aliphatic carbocycles. The number of nitrogens with one attached hydrogen (secondary N) is 1. The summed E-state index contributed by atoms with van der Waals surface area (Å²) in [6, 6.07) is 0.214. The lowest BCUT2D eigenvalue weighted by atomic mass is 10.2. The molecule has 1 N–H and O–H groups in total. The summed E-state index contributed by atoms with van der Waals surface area (Å²) < 4.78 is 28.3. The van der Waals surface area contributed by atoms with Gasteiger partial charge in [-0.15, -0.1) is 0 Å². The third-order valence-corrected chi connectivity index (χ3v) is 5.93. The number of hydrogen-bond acceptors (Lipinski definition) is 3. The highest BCUT2D eigenvalue weighted by atomic mass is 32.2. The minimum atomic E-state index is -3.28. The van der Waals surface area contributed by atoms with Crippen LogP contribution in [0.5, 0.6) is 0 Å². The van der Waals surface area contributed by atoms with Crippen molar-refractivity contribution >= 4 is 10.2 Å². The second-order valence-electron chi connectivity index (χ2n) is 5.18. The fourth-order valence-corrected chi connectivity index (χ4v) is 4.33. The van der Waals surface area contributed by atoms with Gasteiger partial charge in [0.1, 0.15) is 0 Å². The van der Waals surface area contributed by atoms with Gasteiger partial charge in [0, 0.05) is 26.2 Å². The van der Waals surface area contributed by atoms with E-state index >= 15 is 0 Å². The van der Waals surface area contributed by atoms with Gasteiger partial charge in [-0.25, -0.2) is 0 Å². The maximum atomic E-state index is 12.5. The lowest BCUT2D eigenvalue weighted by molar-refractivity contribution is 0.303. The molecular formula is C13H29N3O2S. The predicted molar refractivity (Wildman–Crippen MR) is 79.3 cm³/mol. The molecule has 0 aromatic rings. The molecule has 0 aromatic carbocycles. The van der Waals surface area contributed by atoms with Crippen molar-refractivity contribution in [3.63, 3.8) is 0 Å². The highest BCUT2D eigenvalue weighted by Crippen LogP contribution is 2.26. The number of rotatable bonds is 9. The van der Waals surface area contributed by atoms with Gasteiger partial charge in [-0.05, 0) is 32.4 Å². The van der Waals surface area contributed by atoms with Crippen molar-refractivity contribution in [1.82, 2.24) is 13.9 Å². The number of nitrogens with zero attached hydrogens (tertiary/aromatic N) is 2. The largest absolute Gasteiger partial charge is 0.317 e. The summed E-state index contributed by atoms with van der Waals surface area (Å²) in [5.41, 5.74) is 0. The van der Waals surface area contributed by atoms with Crippen molar-refractivity contribution in [1.29, 1.82) is 0 Å². The second kappa shape index (κ2) is 8.19. The van der Waals surface area contributed by atoms with E-state index in [1.807, 2.05) is 6.92 Å². The summed E-state index contributed by atoms with van der Waals surface area (Å²) in [5, 5.41) is 3.22. The van der Waals surface area contributed by atoms with E-state index in [4.69, 9.17) is 0 Å². The maximum Gasteiger partial charge on any atom is 0.281 e. The van der Waals surface area contributed by atoms with Crippen LogP contribution in [0.25, 0.3) is 0 Å². The summed E-state index contributed by atoms with van der Waals surface area (Å²) in [6.07, 6.45) is 5.18. The molecule has 0 aromatic heterocycles. The molecule has 19 heavy (non-hydrogen) atoms. The smallest absolute Gasteiger partial charge is 0.281 e. The Labute approximate surface area is 118 Å². The third kappa shape index (κ3) is 4.70. The fraction of sp³-hybridized carbons (Fsp3) is 1.00. The molecule has 0 radical (unpaired) electrons. The monoisotopic (exact) mass is 291 g/mol. The van der Waals surface area contributed by atoms with Gasteiger partial charge in [0.25, 0.3) is 10.2 Å². The average Bonchev–Trinajstić information content (AvgIpc) is 2.88. The van der Waals surface area contributed by atoms with E-state index in [-0.39, 0.29) is 6.04 Å². The van der Waals surface area contributed by atoms with Crippen molar-refractivity contribution in [3.8, 4) is 0 Å². The summed E-state index contributed by atoms with van der Waals surface area (Å²) >= 11 is 0. The van der Waals surface area contributed by atoms with E-state index in [0.29, 0.717) is 13.1 Å². The maximum absolute atomic E-state index is 12.5. The van der Waals surface area contributed by atoms with E-state index in [0.717, 1.165) is 45.2 Å². The summed E-state index contributed by atoms with van der Waals surface area (Å²) in [7, 11) is -1.59. The Morgan fingerprint density at radius 2 is 1.84 bits per heavy atom. The van der Waals surface area contributed by atoms with Crippen molar-refractivity contribution in [2.45, 2.75) is 52.0 Å². The number of hydrogen-bond donors (Lipinski definition) is 1. The first kappa shape index (κ1) is 16.9. The van der Waals surface area contributed by atoms with Crippen LogP contribution in [0.15, 0.2) is 0 Å². The van der Waals surface area contributed by atoms with Gasteiger partial charge < -0.3 is 5.32 Å². The molecule has 1 saturated carbocycles. The SMILES string of the molecule is CCNCCCN(C)S(=O)(=O)N(CC)C1CCCC1. The summed E-state index contributed by atoms with van der Waals surface area (Å²) in [6.45, 7) is 6.94. The van der Waals surface area contributed by atoms with Gasteiger partial charge >= 0.3 is 0 Å². The van der Waals surface area contributed by atoms with Crippen LogP contribution in [-0.4, -0.2) is 56.3 Å². The van der Waals surface area contributed by atoms with Crippen molar-refractivity contribution in [2.75, 3.05) is 33.2 Å². The zero-order valence-electron chi connectivity index (χ0n) is 12.6. The molecule has 1 aliphatic rings. The molecule has 0 spiro atoms. The Hall–Kier alpha value is -0.170. The third-order valence-electron chi connectivity index (χ3n) is 3.81. The highest BCUT2D eigenvalue weighted by molar-refractivity contribution is 7.86. The zero-order chi connectivity index (χ0) is 14.3. The first-order valence-electron chi connectivity index (χ1n) is 7.47. The van der Waals surface area contributed by atoms with Gasteiger partial charge in [-0.2, -0.15) is 17.0 Å². The molecule has 1 fully saturated rings. The van der Waals surface area contributed by atoms with Crippen molar-refractivity contribution in [2.24, 2.45) is 0 Å². The van der Waals surface area contributed by atoms with Gasteiger partial charge in [0.15, 0.2) is 0 Å². The van der Waals surface area contributed by atoms with Gasteiger partial charge in [-0.3, -0.25) is 0 Å². The van der Waals surface area contributed by atoms with Crippen LogP contribution in [-0.2, 0) is 10.2 Å². The Balaban J connectivity index is 2.55. The van der Waals surface area contributed by atoms with Crippen LogP contribution in [0.2, 0.25) is 0 Å². The first-order valence-corrected chi connectivity index (χ1v) is 8.87. The minimum absolute atomic E-state index is 0.214. The predicted octanol–water partition coefficient (Wildman–Crippen LogP) is 1.43. The van der Waals surface area contributed by atoms with E-state index in [1.54, 1.807) is 11.4 Å².